The Kier molecular flexibility index (Phi) is 4.98. The molecule has 0 fully saturated rings. The summed E-state index contributed by atoms with van der Waals surface area (Å²) in [5.41, 5.74) is 3.85. The highest BCUT2D eigenvalue weighted by molar-refractivity contribution is 9.10. The molecule has 1 atom stereocenters. The highest BCUT2D eigenvalue weighted by atomic mass is 79.9. The lowest BCUT2D eigenvalue weighted by Crippen LogP contribution is -2.43. The van der Waals surface area contributed by atoms with Crippen molar-refractivity contribution in [1.29, 1.82) is 0 Å². The van der Waals surface area contributed by atoms with Crippen LogP contribution in [0.3, 0.4) is 0 Å². The molecule has 0 aromatic heterocycles. The molecule has 0 radical (unpaired) electrons. The van der Waals surface area contributed by atoms with E-state index in [4.69, 9.17) is 18.0 Å². The molecule has 1 unspecified atom stereocenters. The number of benzene rings is 1. The van der Waals surface area contributed by atoms with Gasteiger partial charge in [-0.1, -0.05) is 35.1 Å². The molecule has 7 heteroatoms. The van der Waals surface area contributed by atoms with Crippen molar-refractivity contribution in [3.05, 3.63) is 28.2 Å². The van der Waals surface area contributed by atoms with Gasteiger partial charge in [-0.3, -0.25) is 4.79 Å². The number of nitrogens with one attached hydrogen (secondary N) is 1. The zero-order chi connectivity index (χ0) is 14.8. The van der Waals surface area contributed by atoms with Crippen molar-refractivity contribution < 1.29 is 13.6 Å². The Morgan fingerprint density at radius 3 is 2.32 bits per heavy atom. The number of rotatable bonds is 4. The predicted octanol–water partition coefficient (Wildman–Crippen LogP) is 3.37. The maximum atomic E-state index is 13.6. The third kappa shape index (κ3) is 3.27. The van der Waals surface area contributed by atoms with E-state index in [9.17, 15) is 13.6 Å². The quantitative estimate of drug-likeness (QED) is 0.818. The molecule has 0 aliphatic heterocycles. The monoisotopic (exact) mass is 350 g/mol. The van der Waals surface area contributed by atoms with E-state index >= 15 is 0 Å². The van der Waals surface area contributed by atoms with Crippen LogP contribution in [0.2, 0.25) is 0 Å². The maximum Gasteiger partial charge on any atom is 0.237 e. The van der Waals surface area contributed by atoms with Gasteiger partial charge in [-0.25, -0.2) is 8.78 Å². The van der Waals surface area contributed by atoms with Crippen LogP contribution < -0.4 is 11.1 Å². The first-order valence-electron chi connectivity index (χ1n) is 5.48. The molecule has 3 nitrogen and oxygen atoms in total. The summed E-state index contributed by atoms with van der Waals surface area (Å²) in [7, 11) is 0. The summed E-state index contributed by atoms with van der Waals surface area (Å²) in [6.07, 6.45) is 0.327. The summed E-state index contributed by atoms with van der Waals surface area (Å²) >= 11 is 7.79. The fourth-order valence-corrected chi connectivity index (χ4v) is 2.00. The van der Waals surface area contributed by atoms with Crippen LogP contribution in [0.25, 0.3) is 0 Å². The molecule has 0 aliphatic carbocycles. The Bertz CT molecular complexity index is 515. The molecule has 1 aromatic rings. The van der Waals surface area contributed by atoms with Crippen LogP contribution in [0.15, 0.2) is 16.6 Å². The Morgan fingerprint density at radius 2 is 1.95 bits per heavy atom. The molecule has 104 valence electrons. The SMILES string of the molecule is CCC(C)(C(=O)Nc1c(F)cc(Br)cc1F)C(N)=S. The number of carbonyl (C=O) groups excluding carboxylic acids is 1. The van der Waals surface area contributed by atoms with Crippen molar-refractivity contribution in [3.8, 4) is 0 Å². The van der Waals surface area contributed by atoms with Crippen molar-refractivity contribution in [1.82, 2.24) is 0 Å². The van der Waals surface area contributed by atoms with Crippen molar-refractivity contribution in [3.63, 3.8) is 0 Å². The Labute approximate surface area is 123 Å². The average molecular weight is 351 g/mol. The smallest absolute Gasteiger partial charge is 0.237 e. The van der Waals surface area contributed by atoms with E-state index in [1.165, 1.54) is 6.92 Å². The fraction of sp³-hybridized carbons (Fsp3) is 0.333. The van der Waals surface area contributed by atoms with Crippen LogP contribution in [0.1, 0.15) is 20.3 Å². The summed E-state index contributed by atoms with van der Waals surface area (Å²) in [4.78, 5) is 12.0. The number of nitrogens with two attached hydrogens (primary N) is 1. The van der Waals surface area contributed by atoms with Crippen LogP contribution in [-0.4, -0.2) is 10.9 Å². The molecular formula is C12H13BrF2N2OS. The van der Waals surface area contributed by atoms with E-state index < -0.39 is 28.6 Å². The van der Waals surface area contributed by atoms with Crippen molar-refractivity contribution in [2.75, 3.05) is 5.32 Å². The van der Waals surface area contributed by atoms with Crippen molar-refractivity contribution in [2.24, 2.45) is 11.1 Å². The summed E-state index contributed by atoms with van der Waals surface area (Å²) in [5, 5.41) is 2.20. The molecule has 19 heavy (non-hydrogen) atoms. The van der Waals surface area contributed by atoms with Crippen LogP contribution in [0.5, 0.6) is 0 Å². The molecule has 0 aliphatic rings. The highest BCUT2D eigenvalue weighted by Gasteiger charge is 2.35. The van der Waals surface area contributed by atoms with Gasteiger partial charge >= 0.3 is 0 Å². The number of amides is 1. The van der Waals surface area contributed by atoms with Crippen LogP contribution in [0.4, 0.5) is 14.5 Å². The third-order valence-electron chi connectivity index (χ3n) is 3.00. The molecule has 3 N–H and O–H groups in total. The molecular weight excluding hydrogens is 338 g/mol. The number of halogens is 3. The fourth-order valence-electron chi connectivity index (χ4n) is 1.36. The van der Waals surface area contributed by atoms with Gasteiger partial charge in [0.25, 0.3) is 0 Å². The molecule has 0 spiro atoms. The highest BCUT2D eigenvalue weighted by Crippen LogP contribution is 2.28. The number of carbonyl (C=O) groups is 1. The van der Waals surface area contributed by atoms with Crippen molar-refractivity contribution >= 4 is 44.7 Å². The topological polar surface area (TPSA) is 55.1 Å². The number of hydrogen-bond donors (Lipinski definition) is 2. The van der Waals surface area contributed by atoms with Gasteiger partial charge < -0.3 is 11.1 Å². The van der Waals surface area contributed by atoms with E-state index in [1.54, 1.807) is 6.92 Å². The van der Waals surface area contributed by atoms with Gasteiger partial charge in [0.2, 0.25) is 5.91 Å². The first-order chi connectivity index (χ1) is 8.72. The summed E-state index contributed by atoms with van der Waals surface area (Å²) in [6.45, 7) is 3.24. The first-order valence-corrected chi connectivity index (χ1v) is 6.68. The number of hydrogen-bond acceptors (Lipinski definition) is 2. The predicted molar refractivity (Wildman–Crippen MR) is 77.9 cm³/mol. The number of anilines is 1. The van der Waals surface area contributed by atoms with Gasteiger partial charge in [0.1, 0.15) is 5.69 Å². The Hall–Kier alpha value is -1.08. The molecule has 1 rings (SSSR count). The van der Waals surface area contributed by atoms with Crippen LogP contribution in [-0.2, 0) is 4.79 Å². The summed E-state index contributed by atoms with van der Waals surface area (Å²) in [6, 6.07) is 2.12. The van der Waals surface area contributed by atoms with Crippen LogP contribution in [0, 0.1) is 17.0 Å². The van der Waals surface area contributed by atoms with E-state index in [-0.39, 0.29) is 9.46 Å². The summed E-state index contributed by atoms with van der Waals surface area (Å²) < 4.78 is 27.5. The van der Waals surface area contributed by atoms with Gasteiger partial charge in [-0.15, -0.1) is 0 Å². The second-order valence-electron chi connectivity index (χ2n) is 4.25. The lowest BCUT2D eigenvalue weighted by Gasteiger charge is -2.25. The number of thiocarbonyl (C=S) groups is 1. The Morgan fingerprint density at radius 1 is 1.47 bits per heavy atom. The van der Waals surface area contributed by atoms with Gasteiger partial charge in [0.15, 0.2) is 11.6 Å². The Balaban J connectivity index is 3.10. The molecule has 1 aromatic carbocycles. The minimum Gasteiger partial charge on any atom is -0.392 e. The molecule has 0 heterocycles. The van der Waals surface area contributed by atoms with Gasteiger partial charge in [-0.05, 0) is 25.5 Å². The van der Waals surface area contributed by atoms with Gasteiger partial charge in [0, 0.05) is 4.47 Å². The van der Waals surface area contributed by atoms with E-state index in [2.05, 4.69) is 21.2 Å². The molecule has 0 bridgehead atoms. The second-order valence-corrected chi connectivity index (χ2v) is 5.60. The van der Waals surface area contributed by atoms with E-state index in [0.717, 1.165) is 12.1 Å². The molecule has 0 saturated carbocycles. The van der Waals surface area contributed by atoms with Gasteiger partial charge in [-0.2, -0.15) is 0 Å². The first kappa shape index (κ1) is 16.0. The zero-order valence-corrected chi connectivity index (χ0v) is 12.8. The molecule has 1 amide bonds. The van der Waals surface area contributed by atoms with E-state index in [1.807, 2.05) is 0 Å². The second kappa shape index (κ2) is 5.92. The average Bonchev–Trinajstić information content (AvgIpc) is 2.31. The third-order valence-corrected chi connectivity index (χ3v) is 3.91. The summed E-state index contributed by atoms with van der Waals surface area (Å²) in [5.74, 6) is -2.38. The lowest BCUT2D eigenvalue weighted by atomic mass is 9.86. The van der Waals surface area contributed by atoms with Crippen LogP contribution >= 0.6 is 28.1 Å². The zero-order valence-electron chi connectivity index (χ0n) is 10.4. The van der Waals surface area contributed by atoms with Crippen molar-refractivity contribution in [2.45, 2.75) is 20.3 Å². The minimum absolute atomic E-state index is 0.0228. The normalized spacial score (nSPS) is 13.7. The minimum atomic E-state index is -1.15. The van der Waals surface area contributed by atoms with Gasteiger partial charge in [0.05, 0.1) is 10.4 Å². The lowest BCUT2D eigenvalue weighted by molar-refractivity contribution is -0.121. The standard InChI is InChI=1S/C12H13BrF2N2OS/c1-3-12(2,10(16)19)11(18)17-9-7(14)4-6(13)5-8(9)15/h4-5H,3H2,1-2H3,(H2,16,19)(H,17,18). The maximum absolute atomic E-state index is 13.6. The van der Waals surface area contributed by atoms with E-state index in [0.29, 0.717) is 6.42 Å². The largest absolute Gasteiger partial charge is 0.392 e. The molecule has 0 saturated heterocycles.